The predicted molar refractivity (Wildman–Crippen MR) is 92.6 cm³/mol. The molecule has 0 radical (unpaired) electrons. The van der Waals surface area contributed by atoms with Gasteiger partial charge in [0.2, 0.25) is 0 Å². The van der Waals surface area contributed by atoms with Crippen molar-refractivity contribution in [2.45, 2.75) is 29.5 Å². The normalized spacial score (nSPS) is 15.8. The van der Waals surface area contributed by atoms with Crippen molar-refractivity contribution < 1.29 is 27.8 Å². The number of halogens is 4. The number of H-pyrrole nitrogens is 1. The van der Waals surface area contributed by atoms with E-state index in [0.29, 0.717) is 36.6 Å². The van der Waals surface area contributed by atoms with Crippen LogP contribution in [0.15, 0.2) is 23.2 Å². The van der Waals surface area contributed by atoms with E-state index in [9.17, 15) is 18.0 Å². The van der Waals surface area contributed by atoms with Gasteiger partial charge in [0.25, 0.3) is 0 Å². The molecule has 0 spiro atoms. The number of hydrogen-bond donors (Lipinski definition) is 2. The number of ether oxygens (including phenoxy) is 1. The molecule has 0 aliphatic carbocycles. The van der Waals surface area contributed by atoms with Crippen LogP contribution < -0.4 is 9.64 Å². The summed E-state index contributed by atoms with van der Waals surface area (Å²) in [6, 6.07) is 3.99. The van der Waals surface area contributed by atoms with Gasteiger partial charge in [-0.05, 0) is 25.0 Å². The van der Waals surface area contributed by atoms with Crippen LogP contribution in [0, 0.1) is 0 Å². The number of carboxylic acids is 1. The van der Waals surface area contributed by atoms with Crippen LogP contribution in [0.4, 0.5) is 18.9 Å². The van der Waals surface area contributed by atoms with Crippen LogP contribution in [-0.2, 0) is 0 Å². The van der Waals surface area contributed by atoms with Crippen LogP contribution >= 0.6 is 23.4 Å². The van der Waals surface area contributed by atoms with Crippen molar-refractivity contribution >= 4 is 35.0 Å². The summed E-state index contributed by atoms with van der Waals surface area (Å²) in [7, 11) is 0. The van der Waals surface area contributed by atoms with Crippen molar-refractivity contribution in [3.8, 4) is 5.75 Å². The smallest absolute Gasteiger partial charge is 0.476 e. The average molecular weight is 423 g/mol. The highest BCUT2D eigenvalue weighted by molar-refractivity contribution is 7.99. The quantitative estimate of drug-likeness (QED) is 0.756. The number of hydrogen-bond acceptors (Lipinski definition) is 6. The summed E-state index contributed by atoms with van der Waals surface area (Å²) < 4.78 is 41.2. The van der Waals surface area contributed by atoms with Crippen molar-refractivity contribution in [3.05, 3.63) is 28.9 Å². The van der Waals surface area contributed by atoms with Gasteiger partial charge in [0.05, 0.1) is 0 Å². The number of anilines is 1. The Kier molecular flexibility index (Phi) is 5.70. The summed E-state index contributed by atoms with van der Waals surface area (Å²) in [5.41, 5.74) is 0.490. The summed E-state index contributed by atoms with van der Waals surface area (Å²) in [5, 5.41) is 19.3. The van der Waals surface area contributed by atoms with Crippen LogP contribution in [-0.4, -0.2) is 51.2 Å². The Morgan fingerprint density at radius 2 is 2.04 bits per heavy atom. The molecule has 0 amide bonds. The number of thioether (sulfide) groups is 1. The first-order valence-electron chi connectivity index (χ1n) is 7.83. The number of aromatic carboxylic acids is 1. The lowest BCUT2D eigenvalue weighted by Crippen LogP contribution is -2.34. The van der Waals surface area contributed by atoms with Gasteiger partial charge in [-0.1, -0.05) is 28.6 Å². The van der Waals surface area contributed by atoms with Crippen LogP contribution in [0.5, 0.6) is 5.75 Å². The molecular formula is C15H14ClF3N4O3S. The molecule has 1 aromatic carbocycles. The molecule has 2 N–H and O–H groups in total. The molecule has 0 bridgehead atoms. The Labute approximate surface area is 160 Å². The SMILES string of the molecule is O=C(O)c1[nH]nnc1SC1CCN(c2cc(Cl)cc(OC(F)(F)F)c2)CC1. The summed E-state index contributed by atoms with van der Waals surface area (Å²) in [6.45, 7) is 1.15. The summed E-state index contributed by atoms with van der Waals surface area (Å²) in [4.78, 5) is 13.0. The number of nitrogens with one attached hydrogen (secondary N) is 1. The van der Waals surface area contributed by atoms with E-state index in [2.05, 4.69) is 20.1 Å². The van der Waals surface area contributed by atoms with Crippen LogP contribution in [0.1, 0.15) is 23.3 Å². The van der Waals surface area contributed by atoms with Crippen molar-refractivity contribution in [1.29, 1.82) is 0 Å². The fraction of sp³-hybridized carbons (Fsp3) is 0.400. The monoisotopic (exact) mass is 422 g/mol. The minimum Gasteiger partial charge on any atom is -0.476 e. The third kappa shape index (κ3) is 5.19. The molecule has 2 heterocycles. The molecule has 1 aliphatic heterocycles. The highest BCUT2D eigenvalue weighted by Crippen LogP contribution is 2.35. The second kappa shape index (κ2) is 7.85. The van der Waals surface area contributed by atoms with E-state index in [-0.39, 0.29) is 21.7 Å². The van der Waals surface area contributed by atoms with Gasteiger partial charge in [-0.25, -0.2) is 4.79 Å². The zero-order valence-corrected chi connectivity index (χ0v) is 15.2. The highest BCUT2D eigenvalue weighted by Gasteiger charge is 2.32. The predicted octanol–water partition coefficient (Wildman–Crippen LogP) is 3.82. The molecule has 1 aliphatic rings. The number of carbonyl (C=O) groups is 1. The number of aromatic amines is 1. The third-order valence-electron chi connectivity index (χ3n) is 3.91. The van der Waals surface area contributed by atoms with Gasteiger partial charge in [0.15, 0.2) is 10.7 Å². The Hall–Kier alpha value is -2.14. The molecule has 12 heteroatoms. The summed E-state index contributed by atoms with van der Waals surface area (Å²) in [6.07, 6.45) is -3.40. The Balaban J connectivity index is 1.64. The molecule has 1 saturated heterocycles. The van der Waals surface area contributed by atoms with E-state index in [1.807, 2.05) is 4.90 Å². The lowest BCUT2D eigenvalue weighted by Gasteiger charge is -2.33. The molecule has 1 fully saturated rings. The molecule has 3 rings (SSSR count). The standard InChI is InChI=1S/C15H14ClF3N4O3S/c16-8-5-9(7-10(6-8)26-15(17,18)19)23-3-1-11(2-4-23)27-13-12(14(24)25)20-22-21-13/h5-7,11H,1-4H2,(H,24,25)(H,20,21,22). The lowest BCUT2D eigenvalue weighted by atomic mass is 10.1. The molecule has 1 aromatic heterocycles. The third-order valence-corrected chi connectivity index (χ3v) is 5.44. The van der Waals surface area contributed by atoms with E-state index in [4.69, 9.17) is 16.7 Å². The largest absolute Gasteiger partial charge is 0.573 e. The molecule has 0 saturated carbocycles. The van der Waals surface area contributed by atoms with Gasteiger partial charge in [-0.3, -0.25) is 5.10 Å². The van der Waals surface area contributed by atoms with Gasteiger partial charge in [0, 0.05) is 35.1 Å². The number of carboxylic acid groups (broad SMARTS) is 1. The number of benzene rings is 1. The fourth-order valence-corrected chi connectivity index (χ4v) is 4.07. The number of rotatable bonds is 5. The van der Waals surface area contributed by atoms with E-state index >= 15 is 0 Å². The average Bonchev–Trinajstić information content (AvgIpc) is 3.01. The van der Waals surface area contributed by atoms with E-state index in [0.717, 1.165) is 6.07 Å². The van der Waals surface area contributed by atoms with E-state index in [1.165, 1.54) is 17.8 Å². The number of alkyl halides is 3. The van der Waals surface area contributed by atoms with Crippen LogP contribution in [0.3, 0.4) is 0 Å². The van der Waals surface area contributed by atoms with Crippen LogP contribution in [0.2, 0.25) is 5.02 Å². The van der Waals surface area contributed by atoms with Gasteiger partial charge >= 0.3 is 12.3 Å². The second-order valence-electron chi connectivity index (χ2n) is 5.79. The van der Waals surface area contributed by atoms with Crippen molar-refractivity contribution in [2.75, 3.05) is 18.0 Å². The van der Waals surface area contributed by atoms with E-state index < -0.39 is 12.3 Å². The first kappa shape index (κ1) is 19.6. The fourth-order valence-electron chi connectivity index (χ4n) is 2.75. The van der Waals surface area contributed by atoms with Crippen LogP contribution in [0.25, 0.3) is 0 Å². The molecule has 146 valence electrons. The molecular weight excluding hydrogens is 409 g/mol. The first-order valence-corrected chi connectivity index (χ1v) is 9.09. The summed E-state index contributed by atoms with van der Waals surface area (Å²) in [5.74, 6) is -1.49. The zero-order chi connectivity index (χ0) is 19.6. The first-order chi connectivity index (χ1) is 12.7. The van der Waals surface area contributed by atoms with Gasteiger partial charge in [-0.2, -0.15) is 0 Å². The Bertz CT molecular complexity index is 825. The Morgan fingerprint density at radius 3 is 2.67 bits per heavy atom. The summed E-state index contributed by atoms with van der Waals surface area (Å²) >= 11 is 7.24. The highest BCUT2D eigenvalue weighted by atomic mass is 35.5. The maximum absolute atomic E-state index is 12.4. The minimum absolute atomic E-state index is 0.0498. The lowest BCUT2D eigenvalue weighted by molar-refractivity contribution is -0.274. The Morgan fingerprint density at radius 1 is 1.33 bits per heavy atom. The maximum atomic E-state index is 12.4. The molecule has 2 aromatic rings. The van der Waals surface area contributed by atoms with Crippen molar-refractivity contribution in [3.63, 3.8) is 0 Å². The molecule has 7 nitrogen and oxygen atoms in total. The number of nitrogens with zero attached hydrogens (tertiary/aromatic N) is 3. The van der Waals surface area contributed by atoms with Gasteiger partial charge in [0.1, 0.15) is 5.75 Å². The zero-order valence-electron chi connectivity index (χ0n) is 13.7. The number of piperidine rings is 1. The van der Waals surface area contributed by atoms with Gasteiger partial charge < -0.3 is 14.7 Å². The minimum atomic E-state index is -4.79. The van der Waals surface area contributed by atoms with Crippen molar-refractivity contribution in [1.82, 2.24) is 15.4 Å². The number of aromatic nitrogens is 3. The van der Waals surface area contributed by atoms with Crippen molar-refractivity contribution in [2.24, 2.45) is 0 Å². The molecule has 0 atom stereocenters. The molecule has 27 heavy (non-hydrogen) atoms. The molecule has 0 unspecified atom stereocenters. The van der Waals surface area contributed by atoms with Gasteiger partial charge in [-0.15, -0.1) is 18.3 Å². The van der Waals surface area contributed by atoms with E-state index in [1.54, 1.807) is 6.07 Å². The topological polar surface area (TPSA) is 91.3 Å². The second-order valence-corrected chi connectivity index (χ2v) is 7.52. The maximum Gasteiger partial charge on any atom is 0.573 e.